The van der Waals surface area contributed by atoms with E-state index in [-0.39, 0.29) is 0 Å². The molecule has 0 heterocycles. The third kappa shape index (κ3) is 0.987. The number of rotatable bonds is 0. The molecule has 0 saturated carbocycles. The van der Waals surface area contributed by atoms with E-state index in [1.165, 1.54) is 21.9 Å². The Labute approximate surface area is 82.9 Å². The third-order valence-corrected chi connectivity index (χ3v) is 2.88. The molecule has 0 saturated heterocycles. The predicted molar refractivity (Wildman–Crippen MR) is 59.1 cm³/mol. The highest BCUT2D eigenvalue weighted by Crippen LogP contribution is 2.27. The lowest BCUT2D eigenvalue weighted by molar-refractivity contribution is 1.16. The standard InChI is InChI=1S/C13H11N/c14-12-7-10-5-1-3-9-4-2-6-11(8-12)13(9)10/h1-6,14H,7-8H2. The largest absolute Gasteiger partial charge is 0.309 e. The van der Waals surface area contributed by atoms with Crippen LogP contribution in [0.4, 0.5) is 0 Å². The minimum absolute atomic E-state index is 0.828. The van der Waals surface area contributed by atoms with E-state index in [4.69, 9.17) is 5.41 Å². The van der Waals surface area contributed by atoms with Gasteiger partial charge in [-0.25, -0.2) is 0 Å². The van der Waals surface area contributed by atoms with Gasteiger partial charge < -0.3 is 5.41 Å². The molecule has 0 aliphatic heterocycles. The van der Waals surface area contributed by atoms with Crippen molar-refractivity contribution in [3.05, 3.63) is 47.5 Å². The van der Waals surface area contributed by atoms with Gasteiger partial charge in [0.1, 0.15) is 0 Å². The summed E-state index contributed by atoms with van der Waals surface area (Å²) < 4.78 is 0. The van der Waals surface area contributed by atoms with E-state index in [9.17, 15) is 0 Å². The van der Waals surface area contributed by atoms with Gasteiger partial charge in [-0.2, -0.15) is 0 Å². The summed E-state index contributed by atoms with van der Waals surface area (Å²) in [6.07, 6.45) is 1.66. The fourth-order valence-corrected chi connectivity index (χ4v) is 2.32. The van der Waals surface area contributed by atoms with Gasteiger partial charge >= 0.3 is 0 Å². The number of benzene rings is 2. The van der Waals surface area contributed by atoms with E-state index in [1.807, 2.05) is 0 Å². The van der Waals surface area contributed by atoms with E-state index in [0.29, 0.717) is 0 Å². The van der Waals surface area contributed by atoms with Crippen LogP contribution in [0.15, 0.2) is 36.4 Å². The second-order valence-corrected chi connectivity index (χ2v) is 3.89. The summed E-state index contributed by atoms with van der Waals surface area (Å²) >= 11 is 0. The molecule has 0 radical (unpaired) electrons. The maximum atomic E-state index is 7.78. The van der Waals surface area contributed by atoms with Crippen LogP contribution in [0.3, 0.4) is 0 Å². The molecular formula is C13H11N. The Hall–Kier alpha value is -1.63. The van der Waals surface area contributed by atoms with Crippen molar-refractivity contribution in [2.75, 3.05) is 0 Å². The maximum Gasteiger partial charge on any atom is 0.0177 e. The van der Waals surface area contributed by atoms with E-state index >= 15 is 0 Å². The molecule has 1 N–H and O–H groups in total. The minimum Gasteiger partial charge on any atom is -0.309 e. The summed E-state index contributed by atoms with van der Waals surface area (Å²) in [6, 6.07) is 12.7. The van der Waals surface area contributed by atoms with Crippen LogP contribution >= 0.6 is 0 Å². The highest BCUT2D eigenvalue weighted by molar-refractivity contribution is 6.00. The molecule has 1 nitrogen and oxygen atoms in total. The Morgan fingerprint density at radius 3 is 2.00 bits per heavy atom. The normalized spacial score (nSPS) is 14.7. The van der Waals surface area contributed by atoms with Crippen LogP contribution in [-0.4, -0.2) is 5.71 Å². The summed E-state index contributed by atoms with van der Waals surface area (Å²) in [5, 5.41) is 10.5. The molecule has 1 aliphatic carbocycles. The minimum atomic E-state index is 0.828. The molecular weight excluding hydrogens is 170 g/mol. The van der Waals surface area contributed by atoms with Crippen LogP contribution in [0.2, 0.25) is 0 Å². The van der Waals surface area contributed by atoms with Gasteiger partial charge in [0.2, 0.25) is 0 Å². The fraction of sp³-hybridized carbons (Fsp3) is 0.154. The first-order chi connectivity index (χ1) is 6.84. The second kappa shape index (κ2) is 2.68. The number of hydrogen-bond donors (Lipinski definition) is 1. The van der Waals surface area contributed by atoms with Gasteiger partial charge in [0.05, 0.1) is 0 Å². The molecule has 0 aromatic heterocycles. The Morgan fingerprint density at radius 2 is 1.43 bits per heavy atom. The SMILES string of the molecule is N=C1Cc2cccc3cccc(c23)C1. The first-order valence-corrected chi connectivity index (χ1v) is 4.90. The van der Waals surface area contributed by atoms with Gasteiger partial charge in [-0.15, -0.1) is 0 Å². The summed E-state index contributed by atoms with van der Waals surface area (Å²) in [7, 11) is 0. The van der Waals surface area contributed by atoms with Crippen molar-refractivity contribution in [1.82, 2.24) is 0 Å². The third-order valence-electron chi connectivity index (χ3n) is 2.88. The smallest absolute Gasteiger partial charge is 0.0177 e. The monoisotopic (exact) mass is 181 g/mol. The van der Waals surface area contributed by atoms with Gasteiger partial charge in [0.15, 0.2) is 0 Å². The van der Waals surface area contributed by atoms with Crippen LogP contribution in [0.1, 0.15) is 11.1 Å². The maximum absolute atomic E-state index is 7.78. The molecule has 2 aromatic carbocycles. The van der Waals surface area contributed by atoms with Gasteiger partial charge in [0, 0.05) is 18.6 Å². The van der Waals surface area contributed by atoms with Crippen LogP contribution in [0.25, 0.3) is 10.8 Å². The molecule has 0 atom stereocenters. The lowest BCUT2D eigenvalue weighted by atomic mass is 9.88. The first-order valence-electron chi connectivity index (χ1n) is 4.90. The quantitative estimate of drug-likeness (QED) is 0.646. The summed E-state index contributed by atoms with van der Waals surface area (Å²) in [5.41, 5.74) is 3.46. The molecule has 0 amide bonds. The van der Waals surface area contributed by atoms with Crippen LogP contribution in [0, 0.1) is 5.41 Å². The average molecular weight is 181 g/mol. The molecule has 0 fully saturated rings. The number of hydrogen-bond acceptors (Lipinski definition) is 1. The van der Waals surface area contributed by atoms with Gasteiger partial charge in [0.25, 0.3) is 0 Å². The lowest BCUT2D eigenvalue weighted by Crippen LogP contribution is -2.12. The highest BCUT2D eigenvalue weighted by Gasteiger charge is 2.14. The average Bonchev–Trinajstić information content (AvgIpc) is 2.18. The predicted octanol–water partition coefficient (Wildman–Crippen LogP) is 2.96. The molecule has 3 rings (SSSR count). The van der Waals surface area contributed by atoms with Crippen LogP contribution in [-0.2, 0) is 12.8 Å². The molecule has 14 heavy (non-hydrogen) atoms. The van der Waals surface area contributed by atoms with Crippen molar-refractivity contribution >= 4 is 16.5 Å². The molecule has 0 unspecified atom stereocenters. The molecule has 2 aromatic rings. The van der Waals surface area contributed by atoms with Crippen molar-refractivity contribution in [2.24, 2.45) is 0 Å². The number of nitrogens with one attached hydrogen (secondary N) is 1. The van der Waals surface area contributed by atoms with Crippen molar-refractivity contribution in [3.8, 4) is 0 Å². The highest BCUT2D eigenvalue weighted by atomic mass is 14.4. The molecule has 1 heteroatoms. The Kier molecular flexibility index (Phi) is 1.48. The zero-order valence-corrected chi connectivity index (χ0v) is 7.88. The molecule has 0 spiro atoms. The zero-order chi connectivity index (χ0) is 9.54. The van der Waals surface area contributed by atoms with E-state index in [0.717, 1.165) is 18.6 Å². The summed E-state index contributed by atoms with van der Waals surface area (Å²) in [5.74, 6) is 0. The Morgan fingerprint density at radius 1 is 0.857 bits per heavy atom. The van der Waals surface area contributed by atoms with Gasteiger partial charge in [-0.3, -0.25) is 0 Å². The van der Waals surface area contributed by atoms with Crippen LogP contribution < -0.4 is 0 Å². The topological polar surface area (TPSA) is 23.9 Å². The molecule has 1 aliphatic rings. The fourth-order valence-electron chi connectivity index (χ4n) is 2.32. The second-order valence-electron chi connectivity index (χ2n) is 3.89. The van der Waals surface area contributed by atoms with E-state index < -0.39 is 0 Å². The van der Waals surface area contributed by atoms with Crippen LogP contribution in [0.5, 0.6) is 0 Å². The van der Waals surface area contributed by atoms with Crippen molar-refractivity contribution in [1.29, 1.82) is 5.41 Å². The van der Waals surface area contributed by atoms with Crippen molar-refractivity contribution in [3.63, 3.8) is 0 Å². The Balaban J connectivity index is 2.45. The van der Waals surface area contributed by atoms with Gasteiger partial charge in [-0.1, -0.05) is 36.4 Å². The first kappa shape index (κ1) is 7.74. The summed E-state index contributed by atoms with van der Waals surface area (Å²) in [4.78, 5) is 0. The van der Waals surface area contributed by atoms with E-state index in [2.05, 4.69) is 36.4 Å². The van der Waals surface area contributed by atoms with Crippen molar-refractivity contribution in [2.45, 2.75) is 12.8 Å². The van der Waals surface area contributed by atoms with Gasteiger partial charge in [-0.05, 0) is 21.9 Å². The zero-order valence-electron chi connectivity index (χ0n) is 7.88. The van der Waals surface area contributed by atoms with Crippen molar-refractivity contribution < 1.29 is 0 Å². The lowest BCUT2D eigenvalue weighted by Gasteiger charge is -2.17. The molecule has 0 bridgehead atoms. The summed E-state index contributed by atoms with van der Waals surface area (Å²) in [6.45, 7) is 0. The van der Waals surface area contributed by atoms with E-state index in [1.54, 1.807) is 0 Å². The molecule has 68 valence electrons. The Bertz CT molecular complexity index is 483.